The number of halogens is 3. The smallest absolute Gasteiger partial charge is 0.377 e. The summed E-state index contributed by atoms with van der Waals surface area (Å²) < 4.78 is 46.0. The molecule has 1 aromatic heterocycles. The van der Waals surface area contributed by atoms with E-state index in [0.29, 0.717) is 17.2 Å². The lowest BCUT2D eigenvalue weighted by molar-refractivity contribution is -0.141. The number of hydrogen-bond acceptors (Lipinski definition) is 5. The number of pyridine rings is 1. The Balaban J connectivity index is 1.25. The maximum absolute atomic E-state index is 12.7. The van der Waals surface area contributed by atoms with Crippen molar-refractivity contribution in [1.82, 2.24) is 14.2 Å². The fourth-order valence-corrected chi connectivity index (χ4v) is 5.28. The van der Waals surface area contributed by atoms with E-state index in [2.05, 4.69) is 14.2 Å². The normalized spacial score (nSPS) is 26.6. The van der Waals surface area contributed by atoms with Crippen LogP contribution < -0.4 is 0 Å². The molecule has 4 nitrogen and oxygen atoms in total. The topological polar surface area (TPSA) is 28.6 Å². The fourth-order valence-electron chi connectivity index (χ4n) is 4.02. The summed E-state index contributed by atoms with van der Waals surface area (Å²) in [5, 5.41) is 0. The zero-order chi connectivity index (χ0) is 17.7. The van der Waals surface area contributed by atoms with Crippen LogP contribution in [0.15, 0.2) is 17.0 Å². The third-order valence-electron chi connectivity index (χ3n) is 5.18. The van der Waals surface area contributed by atoms with Gasteiger partial charge in [0.2, 0.25) is 0 Å². The van der Waals surface area contributed by atoms with Gasteiger partial charge in [-0.1, -0.05) is 0 Å². The molecule has 0 radical (unpaired) electrons. The standard InChI is InChI=1S/C17H22F3N3OS/c1-12-14(4-5-15(21-12)17(18,19)20)25-23-10-16(11-23)8-22(9-16)7-13-3-2-6-24-13/h4-5,13H,2-3,6-11H2,1H3. The van der Waals surface area contributed by atoms with Crippen molar-refractivity contribution in [3.8, 4) is 0 Å². The Morgan fingerprint density at radius 3 is 2.64 bits per heavy atom. The molecule has 0 amide bonds. The van der Waals surface area contributed by atoms with Gasteiger partial charge >= 0.3 is 6.18 Å². The molecular formula is C17H22F3N3OS. The molecule has 0 saturated carbocycles. The molecule has 0 aliphatic carbocycles. The summed E-state index contributed by atoms with van der Waals surface area (Å²) >= 11 is 1.52. The zero-order valence-electron chi connectivity index (χ0n) is 14.2. The molecule has 8 heteroatoms. The lowest BCUT2D eigenvalue weighted by atomic mass is 9.74. The second kappa shape index (κ2) is 6.40. The van der Waals surface area contributed by atoms with Crippen LogP contribution in [-0.2, 0) is 10.9 Å². The highest BCUT2D eigenvalue weighted by Gasteiger charge is 2.52. The number of alkyl halides is 3. The first-order valence-corrected chi connectivity index (χ1v) is 9.42. The third-order valence-corrected chi connectivity index (χ3v) is 6.33. The van der Waals surface area contributed by atoms with Crippen molar-refractivity contribution in [3.05, 3.63) is 23.5 Å². The molecule has 25 heavy (non-hydrogen) atoms. The molecule has 1 atom stereocenters. The predicted octanol–water partition coefficient (Wildman–Crippen LogP) is 3.21. The summed E-state index contributed by atoms with van der Waals surface area (Å²) in [6.45, 7) is 7.76. The molecule has 3 saturated heterocycles. The van der Waals surface area contributed by atoms with Gasteiger partial charge in [0.1, 0.15) is 5.69 Å². The summed E-state index contributed by atoms with van der Waals surface area (Å²) in [5.41, 5.74) is -0.00800. The van der Waals surface area contributed by atoms with E-state index in [4.69, 9.17) is 4.74 Å². The zero-order valence-corrected chi connectivity index (χ0v) is 15.0. The number of likely N-dealkylation sites (tertiary alicyclic amines) is 1. The summed E-state index contributed by atoms with van der Waals surface area (Å²) in [5.74, 6) is 0. The molecule has 3 aliphatic heterocycles. The SMILES string of the molecule is Cc1nc(C(F)(F)F)ccc1SN1CC2(CN(CC3CCCO3)C2)C1. The summed E-state index contributed by atoms with van der Waals surface area (Å²) in [6.07, 6.45) is -1.63. The lowest BCUT2D eigenvalue weighted by Gasteiger charge is -2.60. The van der Waals surface area contributed by atoms with Crippen molar-refractivity contribution in [2.45, 2.75) is 36.9 Å². The van der Waals surface area contributed by atoms with Gasteiger partial charge in [0.25, 0.3) is 0 Å². The molecular weight excluding hydrogens is 351 g/mol. The first kappa shape index (κ1) is 17.6. The van der Waals surface area contributed by atoms with E-state index in [9.17, 15) is 13.2 Å². The monoisotopic (exact) mass is 373 g/mol. The van der Waals surface area contributed by atoms with Gasteiger partial charge in [-0.05, 0) is 43.8 Å². The van der Waals surface area contributed by atoms with Crippen LogP contribution in [0.2, 0.25) is 0 Å². The minimum atomic E-state index is -4.38. The average molecular weight is 373 g/mol. The highest BCUT2D eigenvalue weighted by molar-refractivity contribution is 7.97. The second-order valence-electron chi connectivity index (χ2n) is 7.47. The second-order valence-corrected chi connectivity index (χ2v) is 8.61. The van der Waals surface area contributed by atoms with E-state index in [1.54, 1.807) is 6.92 Å². The molecule has 0 N–H and O–H groups in total. The summed E-state index contributed by atoms with van der Waals surface area (Å²) in [6, 6.07) is 2.60. The molecule has 0 bridgehead atoms. The van der Waals surface area contributed by atoms with Gasteiger partial charge in [0, 0.05) is 49.6 Å². The van der Waals surface area contributed by atoms with E-state index in [1.165, 1.54) is 30.9 Å². The molecule has 138 valence electrons. The van der Waals surface area contributed by atoms with E-state index < -0.39 is 11.9 Å². The Kier molecular flexibility index (Phi) is 4.50. The Bertz CT molecular complexity index is 635. The number of aryl methyl sites for hydroxylation is 1. The number of nitrogens with zero attached hydrogens (tertiary/aromatic N) is 3. The Labute approximate surface area is 149 Å². The maximum Gasteiger partial charge on any atom is 0.433 e. The van der Waals surface area contributed by atoms with Crippen molar-refractivity contribution in [3.63, 3.8) is 0 Å². The van der Waals surface area contributed by atoms with Crippen LogP contribution in [0, 0.1) is 12.3 Å². The molecule has 3 aliphatic rings. The Morgan fingerprint density at radius 1 is 1.28 bits per heavy atom. The molecule has 0 aromatic carbocycles. The molecule has 3 fully saturated rings. The minimum absolute atomic E-state index is 0.374. The van der Waals surface area contributed by atoms with Gasteiger partial charge in [0.15, 0.2) is 0 Å². The molecule has 4 heterocycles. The molecule has 4 rings (SSSR count). The van der Waals surface area contributed by atoms with Crippen LogP contribution in [0.25, 0.3) is 0 Å². The van der Waals surface area contributed by atoms with Crippen molar-refractivity contribution in [2.24, 2.45) is 5.41 Å². The van der Waals surface area contributed by atoms with Crippen LogP contribution in [-0.4, -0.2) is 59.6 Å². The lowest BCUT2D eigenvalue weighted by Crippen LogP contribution is -2.71. The van der Waals surface area contributed by atoms with E-state index in [1.807, 2.05) is 0 Å². The predicted molar refractivity (Wildman–Crippen MR) is 89.3 cm³/mol. The number of aromatic nitrogens is 1. The van der Waals surface area contributed by atoms with Gasteiger partial charge in [-0.15, -0.1) is 0 Å². The Hall–Kier alpha value is -0.830. The van der Waals surface area contributed by atoms with Gasteiger partial charge in [0.05, 0.1) is 11.8 Å². The van der Waals surface area contributed by atoms with Crippen molar-refractivity contribution in [1.29, 1.82) is 0 Å². The van der Waals surface area contributed by atoms with E-state index in [-0.39, 0.29) is 0 Å². The summed E-state index contributed by atoms with van der Waals surface area (Å²) in [4.78, 5) is 6.97. The molecule has 1 unspecified atom stereocenters. The van der Waals surface area contributed by atoms with E-state index in [0.717, 1.165) is 50.3 Å². The quantitative estimate of drug-likeness (QED) is 0.756. The van der Waals surface area contributed by atoms with Crippen LogP contribution in [0.3, 0.4) is 0 Å². The van der Waals surface area contributed by atoms with Crippen LogP contribution >= 0.6 is 11.9 Å². The van der Waals surface area contributed by atoms with Crippen LogP contribution in [0.1, 0.15) is 24.2 Å². The number of hydrogen-bond donors (Lipinski definition) is 0. The highest BCUT2D eigenvalue weighted by atomic mass is 32.2. The van der Waals surface area contributed by atoms with E-state index >= 15 is 0 Å². The van der Waals surface area contributed by atoms with Gasteiger partial charge in [-0.25, -0.2) is 9.29 Å². The maximum atomic E-state index is 12.7. The Morgan fingerprint density at radius 2 is 2.04 bits per heavy atom. The molecule has 1 aromatic rings. The molecule has 1 spiro atoms. The van der Waals surface area contributed by atoms with Crippen molar-refractivity contribution < 1.29 is 17.9 Å². The fraction of sp³-hybridized carbons (Fsp3) is 0.706. The van der Waals surface area contributed by atoms with Crippen LogP contribution in [0.5, 0.6) is 0 Å². The first-order valence-electron chi connectivity index (χ1n) is 8.65. The van der Waals surface area contributed by atoms with Gasteiger partial charge < -0.3 is 4.74 Å². The average Bonchev–Trinajstić information content (AvgIpc) is 2.96. The minimum Gasteiger partial charge on any atom is -0.377 e. The largest absolute Gasteiger partial charge is 0.433 e. The number of ether oxygens (including phenoxy) is 1. The highest BCUT2D eigenvalue weighted by Crippen LogP contribution is 2.45. The summed E-state index contributed by atoms with van der Waals surface area (Å²) in [7, 11) is 0. The van der Waals surface area contributed by atoms with Crippen molar-refractivity contribution >= 4 is 11.9 Å². The van der Waals surface area contributed by atoms with Crippen LogP contribution in [0.4, 0.5) is 13.2 Å². The van der Waals surface area contributed by atoms with Crippen molar-refractivity contribution in [2.75, 3.05) is 39.3 Å². The number of rotatable bonds is 4. The third kappa shape index (κ3) is 3.67. The van der Waals surface area contributed by atoms with Gasteiger partial charge in [-0.2, -0.15) is 13.2 Å². The van der Waals surface area contributed by atoms with Gasteiger partial charge in [-0.3, -0.25) is 4.90 Å². The first-order chi connectivity index (χ1) is 11.8.